The fourth-order valence-electron chi connectivity index (χ4n) is 2.54. The number of rotatable bonds is 5. The van der Waals surface area contributed by atoms with Crippen molar-refractivity contribution in [1.29, 1.82) is 0 Å². The number of aliphatic hydroxyl groups is 1. The van der Waals surface area contributed by atoms with E-state index in [0.717, 1.165) is 25.7 Å². The summed E-state index contributed by atoms with van der Waals surface area (Å²) in [6.45, 7) is 0.268. The molecule has 4 nitrogen and oxygen atoms in total. The summed E-state index contributed by atoms with van der Waals surface area (Å²) in [5.74, 6) is -0.531. The van der Waals surface area contributed by atoms with Gasteiger partial charge >= 0.3 is 0 Å². The summed E-state index contributed by atoms with van der Waals surface area (Å²) >= 11 is 0. The summed E-state index contributed by atoms with van der Waals surface area (Å²) in [6.07, 6.45) is 3.54. The van der Waals surface area contributed by atoms with Crippen LogP contribution >= 0.6 is 0 Å². The van der Waals surface area contributed by atoms with Crippen LogP contribution in [0, 0.1) is 5.82 Å². The highest BCUT2D eigenvalue weighted by atomic mass is 19.1. The molecule has 0 radical (unpaired) electrons. The zero-order chi connectivity index (χ0) is 14.6. The zero-order valence-electron chi connectivity index (χ0n) is 11.6. The molecule has 0 spiro atoms. The second-order valence-corrected chi connectivity index (χ2v) is 5.35. The number of nitrogens with one attached hydrogen (secondary N) is 1. The minimum atomic E-state index is -0.763. The molecule has 1 aromatic carbocycles. The van der Waals surface area contributed by atoms with Gasteiger partial charge in [0, 0.05) is 6.54 Å². The van der Waals surface area contributed by atoms with Crippen molar-refractivity contribution in [3.8, 4) is 5.75 Å². The van der Waals surface area contributed by atoms with Gasteiger partial charge in [0.05, 0.1) is 19.1 Å². The highest BCUT2D eigenvalue weighted by Gasteiger charge is 2.31. The monoisotopic (exact) mass is 281 g/mol. The summed E-state index contributed by atoms with van der Waals surface area (Å²) in [4.78, 5) is 11.8. The van der Waals surface area contributed by atoms with Crippen molar-refractivity contribution in [2.24, 2.45) is 0 Å². The van der Waals surface area contributed by atoms with Crippen molar-refractivity contribution in [2.75, 3.05) is 13.7 Å². The number of halogens is 1. The van der Waals surface area contributed by atoms with Gasteiger partial charge in [-0.25, -0.2) is 4.39 Å². The van der Waals surface area contributed by atoms with E-state index in [1.807, 2.05) is 0 Å². The van der Waals surface area contributed by atoms with Gasteiger partial charge in [0.1, 0.15) is 0 Å². The van der Waals surface area contributed by atoms with Gasteiger partial charge in [-0.1, -0.05) is 18.9 Å². The lowest BCUT2D eigenvalue weighted by molar-refractivity contribution is -0.121. The third kappa shape index (κ3) is 3.70. The van der Waals surface area contributed by atoms with Gasteiger partial charge in [0.25, 0.3) is 0 Å². The Morgan fingerprint density at radius 2 is 2.15 bits per heavy atom. The van der Waals surface area contributed by atoms with Crippen LogP contribution < -0.4 is 10.1 Å². The first-order valence-electron chi connectivity index (χ1n) is 6.84. The Balaban J connectivity index is 1.86. The van der Waals surface area contributed by atoms with Crippen molar-refractivity contribution in [2.45, 2.75) is 37.7 Å². The number of carbonyl (C=O) groups excluding carboxylic acids is 1. The summed E-state index contributed by atoms with van der Waals surface area (Å²) in [7, 11) is 1.40. The minimum absolute atomic E-state index is 0.0942. The molecule has 1 amide bonds. The Hall–Kier alpha value is -1.62. The van der Waals surface area contributed by atoms with Crippen LogP contribution in [0.25, 0.3) is 0 Å². The fraction of sp³-hybridized carbons (Fsp3) is 0.533. The zero-order valence-corrected chi connectivity index (χ0v) is 11.6. The average Bonchev–Trinajstić information content (AvgIpc) is 2.84. The van der Waals surface area contributed by atoms with Gasteiger partial charge in [-0.2, -0.15) is 0 Å². The lowest BCUT2D eigenvalue weighted by atomic mass is 10.0. The summed E-state index contributed by atoms with van der Waals surface area (Å²) in [5.41, 5.74) is -0.180. The molecule has 0 atom stereocenters. The minimum Gasteiger partial charge on any atom is -0.494 e. The summed E-state index contributed by atoms with van der Waals surface area (Å²) in [5, 5.41) is 12.8. The highest BCUT2D eigenvalue weighted by molar-refractivity contribution is 5.78. The molecule has 2 rings (SSSR count). The van der Waals surface area contributed by atoms with Gasteiger partial charge in [0.15, 0.2) is 11.6 Å². The average molecular weight is 281 g/mol. The molecule has 2 N–H and O–H groups in total. The first kappa shape index (κ1) is 14.8. The molecule has 0 bridgehead atoms. The largest absolute Gasteiger partial charge is 0.494 e. The molecule has 0 saturated heterocycles. The smallest absolute Gasteiger partial charge is 0.224 e. The second kappa shape index (κ2) is 6.22. The quantitative estimate of drug-likeness (QED) is 0.865. The number of benzene rings is 1. The molecule has 1 aromatic rings. The van der Waals surface area contributed by atoms with Gasteiger partial charge < -0.3 is 15.2 Å². The Morgan fingerprint density at radius 1 is 1.45 bits per heavy atom. The standard InChI is InChI=1S/C15H20FNO3/c1-20-13-5-4-11(8-12(13)16)9-14(18)17-10-15(19)6-2-3-7-15/h4-5,8,19H,2-3,6-7,9-10H2,1H3,(H,17,18). The van der Waals surface area contributed by atoms with Crippen LogP contribution in [0.5, 0.6) is 5.75 Å². The van der Waals surface area contributed by atoms with E-state index in [0.29, 0.717) is 5.56 Å². The third-order valence-corrected chi connectivity index (χ3v) is 3.73. The van der Waals surface area contributed by atoms with Crippen molar-refractivity contribution >= 4 is 5.91 Å². The van der Waals surface area contributed by atoms with Crippen molar-refractivity contribution in [1.82, 2.24) is 5.32 Å². The molecule has 0 heterocycles. The Bertz CT molecular complexity index is 484. The van der Waals surface area contributed by atoms with Crippen LogP contribution in [-0.2, 0) is 11.2 Å². The molecule has 0 aromatic heterocycles. The summed E-state index contributed by atoms with van der Waals surface area (Å²) in [6, 6.07) is 4.46. The van der Waals surface area contributed by atoms with Crippen LogP contribution in [0.3, 0.4) is 0 Å². The summed E-state index contributed by atoms with van der Waals surface area (Å²) < 4.78 is 18.3. The maximum absolute atomic E-state index is 13.5. The predicted octanol–water partition coefficient (Wildman–Crippen LogP) is 1.80. The van der Waals surface area contributed by atoms with Crippen LogP contribution in [0.1, 0.15) is 31.2 Å². The maximum Gasteiger partial charge on any atom is 0.224 e. The highest BCUT2D eigenvalue weighted by Crippen LogP contribution is 2.28. The third-order valence-electron chi connectivity index (χ3n) is 3.73. The van der Waals surface area contributed by atoms with Crippen LogP contribution in [-0.4, -0.2) is 30.3 Å². The molecule has 0 unspecified atom stereocenters. The van der Waals surface area contributed by atoms with E-state index in [1.54, 1.807) is 6.07 Å². The lowest BCUT2D eigenvalue weighted by Crippen LogP contribution is -2.41. The second-order valence-electron chi connectivity index (χ2n) is 5.35. The van der Waals surface area contributed by atoms with Crippen molar-refractivity contribution < 1.29 is 19.0 Å². The van der Waals surface area contributed by atoms with Gasteiger partial charge in [-0.15, -0.1) is 0 Å². The number of ether oxygens (including phenoxy) is 1. The number of methoxy groups -OCH3 is 1. The molecule has 1 aliphatic rings. The number of amides is 1. The van der Waals surface area contributed by atoms with Gasteiger partial charge in [0.2, 0.25) is 5.91 Å². The van der Waals surface area contributed by atoms with E-state index in [1.165, 1.54) is 19.2 Å². The molecular formula is C15H20FNO3. The van der Waals surface area contributed by atoms with E-state index in [-0.39, 0.29) is 24.6 Å². The topological polar surface area (TPSA) is 58.6 Å². The molecule has 1 fully saturated rings. The molecule has 20 heavy (non-hydrogen) atoms. The van der Waals surface area contributed by atoms with Crippen molar-refractivity contribution in [3.05, 3.63) is 29.6 Å². The van der Waals surface area contributed by atoms with E-state index in [4.69, 9.17) is 4.74 Å². The maximum atomic E-state index is 13.5. The predicted molar refractivity (Wildman–Crippen MR) is 73.1 cm³/mol. The normalized spacial score (nSPS) is 16.9. The molecule has 1 saturated carbocycles. The number of hydrogen-bond donors (Lipinski definition) is 2. The molecule has 5 heteroatoms. The Kier molecular flexibility index (Phi) is 4.60. The van der Waals surface area contributed by atoms with Crippen LogP contribution in [0.15, 0.2) is 18.2 Å². The van der Waals surface area contributed by atoms with E-state index < -0.39 is 11.4 Å². The van der Waals surface area contributed by atoms with Crippen LogP contribution in [0.4, 0.5) is 4.39 Å². The molecule has 1 aliphatic carbocycles. The fourth-order valence-corrected chi connectivity index (χ4v) is 2.54. The van der Waals surface area contributed by atoms with E-state index in [2.05, 4.69) is 5.32 Å². The molecular weight excluding hydrogens is 261 g/mol. The van der Waals surface area contributed by atoms with E-state index >= 15 is 0 Å². The van der Waals surface area contributed by atoms with Gasteiger partial charge in [-0.3, -0.25) is 4.79 Å². The number of hydrogen-bond acceptors (Lipinski definition) is 3. The molecule has 0 aliphatic heterocycles. The lowest BCUT2D eigenvalue weighted by Gasteiger charge is -2.22. The van der Waals surface area contributed by atoms with Crippen molar-refractivity contribution in [3.63, 3.8) is 0 Å². The van der Waals surface area contributed by atoms with Gasteiger partial charge in [-0.05, 0) is 30.5 Å². The first-order valence-corrected chi connectivity index (χ1v) is 6.84. The first-order chi connectivity index (χ1) is 9.52. The van der Waals surface area contributed by atoms with E-state index in [9.17, 15) is 14.3 Å². The SMILES string of the molecule is COc1ccc(CC(=O)NCC2(O)CCCC2)cc1F. The molecule has 110 valence electrons. The number of carbonyl (C=O) groups is 1. The van der Waals surface area contributed by atoms with Crippen LogP contribution in [0.2, 0.25) is 0 Å². The Morgan fingerprint density at radius 3 is 2.75 bits per heavy atom. The Labute approximate surface area is 117 Å².